The molecule has 1 fully saturated rings. The van der Waals surface area contributed by atoms with Crippen LogP contribution in [0.5, 0.6) is 0 Å². The highest BCUT2D eigenvalue weighted by molar-refractivity contribution is 5.10. The molecule has 14 heavy (non-hydrogen) atoms. The molecule has 3 heteroatoms. The van der Waals surface area contributed by atoms with Crippen molar-refractivity contribution in [2.75, 3.05) is 26.9 Å². The van der Waals surface area contributed by atoms with Gasteiger partial charge in [-0.25, -0.2) is 0 Å². The fourth-order valence-corrected chi connectivity index (χ4v) is 1.83. The molecule has 0 amide bonds. The molecule has 2 heterocycles. The Kier molecular flexibility index (Phi) is 3.22. The first-order chi connectivity index (χ1) is 6.86. The van der Waals surface area contributed by atoms with E-state index in [0.29, 0.717) is 0 Å². The summed E-state index contributed by atoms with van der Waals surface area (Å²) in [5.41, 5.74) is 0. The van der Waals surface area contributed by atoms with E-state index in [-0.39, 0.29) is 6.23 Å². The number of allylic oxidation sites excluding steroid dienone is 2. The quantitative estimate of drug-likeness (QED) is 0.675. The third kappa shape index (κ3) is 2.36. The van der Waals surface area contributed by atoms with Crippen LogP contribution in [0.25, 0.3) is 0 Å². The maximum Gasteiger partial charge on any atom is 0.150 e. The van der Waals surface area contributed by atoms with Crippen LogP contribution in [0.15, 0.2) is 24.4 Å². The van der Waals surface area contributed by atoms with Gasteiger partial charge in [-0.05, 0) is 25.0 Å². The maximum absolute atomic E-state index is 5.79. The van der Waals surface area contributed by atoms with Gasteiger partial charge in [0, 0.05) is 26.3 Å². The molecule has 2 rings (SSSR count). The molecule has 0 aliphatic carbocycles. The Hall–Kier alpha value is -0.800. The average Bonchev–Trinajstić information content (AvgIpc) is 2.69. The molecule has 0 N–H and O–H groups in total. The highest BCUT2D eigenvalue weighted by Crippen LogP contribution is 2.11. The summed E-state index contributed by atoms with van der Waals surface area (Å²) in [4.78, 5) is 4.44. The number of rotatable bonds is 3. The average molecular weight is 194 g/mol. The normalized spacial score (nSPS) is 27.5. The number of hydrogen-bond donors (Lipinski definition) is 0. The number of likely N-dealkylation sites (tertiary alicyclic amines) is 1. The summed E-state index contributed by atoms with van der Waals surface area (Å²) >= 11 is 0. The van der Waals surface area contributed by atoms with Crippen LogP contribution in [0.2, 0.25) is 0 Å². The molecule has 2 aliphatic rings. The molecule has 1 saturated heterocycles. The lowest BCUT2D eigenvalue weighted by molar-refractivity contribution is -0.0451. The van der Waals surface area contributed by atoms with Crippen LogP contribution in [0, 0.1) is 0 Å². The van der Waals surface area contributed by atoms with Crippen LogP contribution in [0.3, 0.4) is 0 Å². The summed E-state index contributed by atoms with van der Waals surface area (Å²) in [6.45, 7) is 3.14. The Morgan fingerprint density at radius 1 is 1.29 bits per heavy atom. The summed E-state index contributed by atoms with van der Waals surface area (Å²) in [5, 5.41) is 0. The molecule has 3 nitrogen and oxygen atoms in total. The van der Waals surface area contributed by atoms with E-state index >= 15 is 0 Å². The zero-order valence-corrected chi connectivity index (χ0v) is 8.72. The Morgan fingerprint density at radius 3 is 2.79 bits per heavy atom. The van der Waals surface area contributed by atoms with Gasteiger partial charge in [0.1, 0.15) is 6.73 Å². The molecule has 0 spiro atoms. The van der Waals surface area contributed by atoms with E-state index in [1.165, 1.54) is 25.9 Å². The Bertz CT molecular complexity index is 231. The molecule has 2 aliphatic heterocycles. The molecule has 1 atom stereocenters. The molecule has 0 aromatic heterocycles. The second-order valence-electron chi connectivity index (χ2n) is 3.90. The lowest BCUT2D eigenvalue weighted by Crippen LogP contribution is -2.34. The summed E-state index contributed by atoms with van der Waals surface area (Å²) in [7, 11) is 2.04. The van der Waals surface area contributed by atoms with E-state index in [4.69, 9.17) is 4.74 Å². The zero-order valence-electron chi connectivity index (χ0n) is 8.72. The molecule has 0 radical (unpaired) electrons. The maximum atomic E-state index is 5.79. The predicted molar refractivity (Wildman–Crippen MR) is 56.6 cm³/mol. The summed E-state index contributed by atoms with van der Waals surface area (Å²) < 4.78 is 5.79. The van der Waals surface area contributed by atoms with Crippen LogP contribution in [-0.4, -0.2) is 42.9 Å². The highest BCUT2D eigenvalue weighted by atomic mass is 16.5. The molecular formula is C11H18N2O. The standard InChI is InChI=1S/C11H18N2O/c1-12-7-3-2-6-11(12)14-10-13-8-4-5-9-13/h2-3,6-7,11H,4-5,8-10H2,1H3/t11-/m0/s1. The smallest absolute Gasteiger partial charge is 0.150 e. The summed E-state index contributed by atoms with van der Waals surface area (Å²) in [6.07, 6.45) is 10.9. The van der Waals surface area contributed by atoms with Gasteiger partial charge in [-0.3, -0.25) is 4.90 Å². The number of nitrogens with zero attached hydrogens (tertiary/aromatic N) is 2. The first-order valence-corrected chi connectivity index (χ1v) is 5.27. The van der Waals surface area contributed by atoms with Gasteiger partial charge < -0.3 is 9.64 Å². The minimum absolute atomic E-state index is 0.112. The fourth-order valence-electron chi connectivity index (χ4n) is 1.83. The second-order valence-corrected chi connectivity index (χ2v) is 3.90. The lowest BCUT2D eigenvalue weighted by Gasteiger charge is -2.28. The van der Waals surface area contributed by atoms with Crippen molar-refractivity contribution in [1.29, 1.82) is 0 Å². The van der Waals surface area contributed by atoms with E-state index in [1.807, 2.05) is 25.4 Å². The van der Waals surface area contributed by atoms with Crippen LogP contribution < -0.4 is 0 Å². The molecule has 0 bridgehead atoms. The van der Waals surface area contributed by atoms with E-state index in [9.17, 15) is 0 Å². The van der Waals surface area contributed by atoms with Gasteiger partial charge in [0.2, 0.25) is 0 Å². The van der Waals surface area contributed by atoms with E-state index in [1.54, 1.807) is 0 Å². The van der Waals surface area contributed by atoms with E-state index in [2.05, 4.69) is 15.9 Å². The highest BCUT2D eigenvalue weighted by Gasteiger charge is 2.15. The van der Waals surface area contributed by atoms with Crippen molar-refractivity contribution in [3.05, 3.63) is 24.4 Å². The summed E-state index contributed by atoms with van der Waals surface area (Å²) in [5.74, 6) is 0. The number of likely N-dealkylation sites (N-methyl/N-ethyl adjacent to an activating group) is 1. The molecular weight excluding hydrogens is 176 g/mol. The monoisotopic (exact) mass is 194 g/mol. The van der Waals surface area contributed by atoms with Crippen molar-refractivity contribution in [1.82, 2.24) is 9.80 Å². The SMILES string of the molecule is CN1C=CC=C[C@@H]1OCN1CCCC1. The van der Waals surface area contributed by atoms with Crippen molar-refractivity contribution < 1.29 is 4.74 Å². The van der Waals surface area contributed by atoms with Gasteiger partial charge in [-0.2, -0.15) is 0 Å². The van der Waals surface area contributed by atoms with Crippen molar-refractivity contribution in [3.8, 4) is 0 Å². The van der Waals surface area contributed by atoms with E-state index < -0.39 is 0 Å². The van der Waals surface area contributed by atoms with Gasteiger partial charge in [0.25, 0.3) is 0 Å². The first-order valence-electron chi connectivity index (χ1n) is 5.27. The van der Waals surface area contributed by atoms with Gasteiger partial charge in [0.05, 0.1) is 0 Å². The molecule has 0 aromatic rings. The van der Waals surface area contributed by atoms with Gasteiger partial charge in [0.15, 0.2) is 6.23 Å². The number of ether oxygens (including phenoxy) is 1. The largest absolute Gasteiger partial charge is 0.352 e. The van der Waals surface area contributed by atoms with Crippen LogP contribution in [0.1, 0.15) is 12.8 Å². The van der Waals surface area contributed by atoms with Crippen molar-refractivity contribution in [2.45, 2.75) is 19.1 Å². The lowest BCUT2D eigenvalue weighted by atomic mass is 10.3. The Balaban J connectivity index is 1.74. The summed E-state index contributed by atoms with van der Waals surface area (Å²) in [6, 6.07) is 0. The molecule has 0 aromatic carbocycles. The van der Waals surface area contributed by atoms with Crippen molar-refractivity contribution in [3.63, 3.8) is 0 Å². The first kappa shape index (κ1) is 9.74. The predicted octanol–water partition coefficient (Wildman–Crippen LogP) is 1.40. The van der Waals surface area contributed by atoms with Crippen LogP contribution in [-0.2, 0) is 4.74 Å². The van der Waals surface area contributed by atoms with Crippen LogP contribution >= 0.6 is 0 Å². The molecule has 78 valence electrons. The minimum Gasteiger partial charge on any atom is -0.352 e. The van der Waals surface area contributed by atoms with Gasteiger partial charge in [-0.15, -0.1) is 0 Å². The Labute approximate surface area is 85.6 Å². The van der Waals surface area contributed by atoms with Gasteiger partial charge >= 0.3 is 0 Å². The number of hydrogen-bond acceptors (Lipinski definition) is 3. The third-order valence-corrected chi connectivity index (χ3v) is 2.74. The third-order valence-electron chi connectivity index (χ3n) is 2.74. The molecule has 0 saturated carbocycles. The minimum atomic E-state index is 0.112. The Morgan fingerprint density at radius 2 is 2.07 bits per heavy atom. The van der Waals surface area contributed by atoms with Gasteiger partial charge in [-0.1, -0.05) is 6.08 Å². The van der Waals surface area contributed by atoms with Crippen molar-refractivity contribution in [2.24, 2.45) is 0 Å². The fraction of sp³-hybridized carbons (Fsp3) is 0.636. The molecule has 0 unspecified atom stereocenters. The van der Waals surface area contributed by atoms with Crippen LogP contribution in [0.4, 0.5) is 0 Å². The second kappa shape index (κ2) is 4.62. The topological polar surface area (TPSA) is 15.7 Å². The zero-order chi connectivity index (χ0) is 9.80. The van der Waals surface area contributed by atoms with E-state index in [0.717, 1.165) is 6.73 Å². The van der Waals surface area contributed by atoms with Crippen molar-refractivity contribution >= 4 is 0 Å².